The van der Waals surface area contributed by atoms with Crippen molar-refractivity contribution >= 4 is 11.9 Å². The molecule has 1 rings (SSSR count). The normalized spacial score (nSPS) is 22.0. The highest BCUT2D eigenvalue weighted by Gasteiger charge is 2.27. The molecule has 0 aromatic carbocycles. The van der Waals surface area contributed by atoms with Crippen molar-refractivity contribution in [2.45, 2.75) is 18.9 Å². The number of aliphatic carboxylic acids is 1. The van der Waals surface area contributed by atoms with E-state index in [0.717, 1.165) is 0 Å². The molecule has 0 saturated carbocycles. The Balaban J connectivity index is 2.45. The van der Waals surface area contributed by atoms with Crippen LogP contribution in [0.15, 0.2) is 12.7 Å². The number of carboxylic acids is 1. The van der Waals surface area contributed by atoms with Gasteiger partial charge in [0.1, 0.15) is 6.04 Å². The van der Waals surface area contributed by atoms with Gasteiger partial charge in [-0.1, -0.05) is 6.08 Å². The van der Waals surface area contributed by atoms with Crippen LogP contribution >= 0.6 is 0 Å². The highest BCUT2D eigenvalue weighted by atomic mass is 16.5. The van der Waals surface area contributed by atoms with Crippen LogP contribution in [-0.2, 0) is 14.3 Å². The molecule has 5 heteroatoms. The molecule has 0 aliphatic carbocycles. The molecule has 0 unspecified atom stereocenters. The largest absolute Gasteiger partial charge is 0.480 e. The van der Waals surface area contributed by atoms with Gasteiger partial charge in [-0.25, -0.2) is 4.79 Å². The summed E-state index contributed by atoms with van der Waals surface area (Å²) >= 11 is 0. The van der Waals surface area contributed by atoms with Crippen molar-refractivity contribution < 1.29 is 19.4 Å². The zero-order valence-electron chi connectivity index (χ0n) is 8.44. The summed E-state index contributed by atoms with van der Waals surface area (Å²) in [7, 11) is 0. The van der Waals surface area contributed by atoms with Crippen LogP contribution in [0.3, 0.4) is 0 Å². The summed E-state index contributed by atoms with van der Waals surface area (Å²) < 4.78 is 5.05. The second kappa shape index (κ2) is 5.50. The molecule has 2 N–H and O–H groups in total. The van der Waals surface area contributed by atoms with Crippen LogP contribution in [0.1, 0.15) is 12.8 Å². The lowest BCUT2D eigenvalue weighted by Gasteiger charge is -2.14. The van der Waals surface area contributed by atoms with E-state index in [1.807, 2.05) is 0 Å². The van der Waals surface area contributed by atoms with Gasteiger partial charge in [-0.05, 0) is 12.8 Å². The van der Waals surface area contributed by atoms with Gasteiger partial charge in [0, 0.05) is 6.61 Å². The fourth-order valence-electron chi connectivity index (χ4n) is 1.42. The molecule has 1 aliphatic rings. The van der Waals surface area contributed by atoms with E-state index in [1.165, 1.54) is 6.08 Å². The van der Waals surface area contributed by atoms with Gasteiger partial charge in [-0.15, -0.1) is 6.58 Å². The van der Waals surface area contributed by atoms with E-state index in [9.17, 15) is 9.59 Å². The zero-order valence-corrected chi connectivity index (χ0v) is 8.44. The van der Waals surface area contributed by atoms with Crippen LogP contribution in [0.2, 0.25) is 0 Å². The third-order valence-corrected chi connectivity index (χ3v) is 2.32. The number of carbonyl (C=O) groups is 2. The Hall–Kier alpha value is -1.36. The average molecular weight is 213 g/mol. The standard InChI is InChI=1S/C10H15NO4/c1-2-3-8(10(13)14)11-9(12)7-4-5-15-6-7/h2,7-8H,1,3-6H2,(H,11,12)(H,13,14)/t7-,8-/m0/s1. The maximum absolute atomic E-state index is 11.5. The van der Waals surface area contributed by atoms with E-state index in [-0.39, 0.29) is 18.2 Å². The predicted octanol–water partition coefficient (Wildman–Crippen LogP) is 0.168. The molecular weight excluding hydrogens is 198 g/mol. The van der Waals surface area contributed by atoms with Gasteiger partial charge in [0.2, 0.25) is 5.91 Å². The fraction of sp³-hybridized carbons (Fsp3) is 0.600. The van der Waals surface area contributed by atoms with Crippen molar-refractivity contribution in [3.63, 3.8) is 0 Å². The Morgan fingerprint density at radius 2 is 2.40 bits per heavy atom. The number of carbonyl (C=O) groups excluding carboxylic acids is 1. The van der Waals surface area contributed by atoms with E-state index in [1.54, 1.807) is 0 Å². The second-order valence-corrected chi connectivity index (χ2v) is 3.48. The molecular formula is C10H15NO4. The molecule has 1 aliphatic heterocycles. The predicted molar refractivity (Wildman–Crippen MR) is 53.3 cm³/mol. The SMILES string of the molecule is C=CC[C@H](NC(=O)[C@H]1CCOC1)C(=O)O. The Morgan fingerprint density at radius 3 is 2.87 bits per heavy atom. The van der Waals surface area contributed by atoms with Gasteiger partial charge in [-0.2, -0.15) is 0 Å². The van der Waals surface area contributed by atoms with Crippen molar-refractivity contribution in [2.75, 3.05) is 13.2 Å². The molecule has 84 valence electrons. The first-order chi connectivity index (χ1) is 7.15. The minimum atomic E-state index is -1.04. The van der Waals surface area contributed by atoms with Gasteiger partial charge in [0.05, 0.1) is 12.5 Å². The molecule has 0 spiro atoms. The molecule has 1 fully saturated rings. The topological polar surface area (TPSA) is 75.6 Å². The van der Waals surface area contributed by atoms with E-state index < -0.39 is 12.0 Å². The first-order valence-electron chi connectivity index (χ1n) is 4.87. The Kier molecular flexibility index (Phi) is 4.30. The molecule has 1 heterocycles. The quantitative estimate of drug-likeness (QED) is 0.638. The van der Waals surface area contributed by atoms with Crippen LogP contribution in [0.4, 0.5) is 0 Å². The molecule has 1 saturated heterocycles. The number of nitrogens with one attached hydrogen (secondary N) is 1. The van der Waals surface area contributed by atoms with Crippen molar-refractivity contribution in [1.82, 2.24) is 5.32 Å². The minimum absolute atomic E-state index is 0.211. The maximum Gasteiger partial charge on any atom is 0.326 e. The van der Waals surface area contributed by atoms with Crippen LogP contribution in [-0.4, -0.2) is 36.2 Å². The number of carboxylic acid groups (broad SMARTS) is 1. The summed E-state index contributed by atoms with van der Waals surface area (Å²) in [5.74, 6) is -1.50. The molecule has 5 nitrogen and oxygen atoms in total. The molecule has 0 radical (unpaired) electrons. The number of ether oxygens (including phenoxy) is 1. The number of hydrogen-bond acceptors (Lipinski definition) is 3. The van der Waals surface area contributed by atoms with E-state index >= 15 is 0 Å². The lowest BCUT2D eigenvalue weighted by Crippen LogP contribution is -2.43. The first-order valence-corrected chi connectivity index (χ1v) is 4.87. The highest BCUT2D eigenvalue weighted by molar-refractivity contribution is 5.85. The van der Waals surface area contributed by atoms with Crippen molar-refractivity contribution in [1.29, 1.82) is 0 Å². The van der Waals surface area contributed by atoms with Gasteiger partial charge < -0.3 is 15.2 Å². The first kappa shape index (κ1) is 11.7. The summed E-state index contributed by atoms with van der Waals surface area (Å²) in [6.45, 7) is 4.40. The smallest absolute Gasteiger partial charge is 0.326 e. The third-order valence-electron chi connectivity index (χ3n) is 2.32. The van der Waals surface area contributed by atoms with Gasteiger partial charge in [-0.3, -0.25) is 4.79 Å². The van der Waals surface area contributed by atoms with Crippen LogP contribution in [0.5, 0.6) is 0 Å². The number of rotatable bonds is 5. The van der Waals surface area contributed by atoms with Crippen molar-refractivity contribution in [3.8, 4) is 0 Å². The monoisotopic (exact) mass is 213 g/mol. The lowest BCUT2D eigenvalue weighted by molar-refractivity contribution is -0.142. The molecule has 1 amide bonds. The van der Waals surface area contributed by atoms with Gasteiger partial charge in [0.25, 0.3) is 0 Å². The van der Waals surface area contributed by atoms with Gasteiger partial charge in [0.15, 0.2) is 0 Å². The third kappa shape index (κ3) is 3.36. The van der Waals surface area contributed by atoms with Crippen LogP contribution < -0.4 is 5.32 Å². The van der Waals surface area contributed by atoms with Gasteiger partial charge >= 0.3 is 5.97 Å². The van der Waals surface area contributed by atoms with Crippen LogP contribution in [0, 0.1) is 5.92 Å². The van der Waals surface area contributed by atoms with Crippen LogP contribution in [0.25, 0.3) is 0 Å². The Bertz CT molecular complexity index is 258. The number of hydrogen-bond donors (Lipinski definition) is 2. The molecule has 0 bridgehead atoms. The Morgan fingerprint density at radius 1 is 1.67 bits per heavy atom. The van der Waals surface area contributed by atoms with E-state index in [2.05, 4.69) is 11.9 Å². The second-order valence-electron chi connectivity index (χ2n) is 3.48. The van der Waals surface area contributed by atoms with Crippen molar-refractivity contribution in [2.24, 2.45) is 5.92 Å². The average Bonchev–Trinajstić information content (AvgIpc) is 2.69. The number of amides is 1. The zero-order chi connectivity index (χ0) is 11.3. The molecule has 0 aromatic rings. The summed E-state index contributed by atoms with van der Waals surface area (Å²) in [5.41, 5.74) is 0. The Labute approximate surface area is 88.1 Å². The summed E-state index contributed by atoms with van der Waals surface area (Å²) in [4.78, 5) is 22.3. The highest BCUT2D eigenvalue weighted by Crippen LogP contribution is 2.12. The van der Waals surface area contributed by atoms with Crippen molar-refractivity contribution in [3.05, 3.63) is 12.7 Å². The molecule has 15 heavy (non-hydrogen) atoms. The summed E-state index contributed by atoms with van der Waals surface area (Å²) in [6.07, 6.45) is 2.37. The summed E-state index contributed by atoms with van der Waals surface area (Å²) in [5, 5.41) is 11.3. The lowest BCUT2D eigenvalue weighted by atomic mass is 10.1. The maximum atomic E-state index is 11.5. The van der Waals surface area contributed by atoms with E-state index in [4.69, 9.17) is 9.84 Å². The minimum Gasteiger partial charge on any atom is -0.480 e. The van der Waals surface area contributed by atoms with E-state index in [0.29, 0.717) is 19.6 Å². The molecule has 0 aromatic heterocycles. The molecule has 2 atom stereocenters. The summed E-state index contributed by atoms with van der Waals surface area (Å²) in [6, 6.07) is -0.879. The fourth-order valence-corrected chi connectivity index (χ4v) is 1.42.